The van der Waals surface area contributed by atoms with Crippen molar-refractivity contribution in [3.8, 4) is 0 Å². The molecule has 0 saturated heterocycles. The molecule has 0 aliphatic rings. The predicted molar refractivity (Wildman–Crippen MR) is 85.6 cm³/mol. The van der Waals surface area contributed by atoms with Crippen molar-refractivity contribution >= 4 is 0 Å². The van der Waals surface area contributed by atoms with Crippen LogP contribution in [0, 0.1) is 20.8 Å². The monoisotopic (exact) mass is 287 g/mol. The highest BCUT2D eigenvalue weighted by Crippen LogP contribution is 2.17. The molecule has 1 aromatic carbocycles. The third-order valence-corrected chi connectivity index (χ3v) is 3.65. The number of nitrogens with zero attached hydrogens (tertiary/aromatic N) is 2. The molecule has 0 aliphatic heterocycles. The fourth-order valence-corrected chi connectivity index (χ4v) is 2.60. The molecule has 4 nitrogen and oxygen atoms in total. The Morgan fingerprint density at radius 2 is 1.90 bits per heavy atom. The second-order valence-corrected chi connectivity index (χ2v) is 5.55. The molecule has 0 saturated carbocycles. The normalized spacial score (nSPS) is 11.0. The summed E-state index contributed by atoms with van der Waals surface area (Å²) in [4.78, 5) is 0. The van der Waals surface area contributed by atoms with Crippen molar-refractivity contribution in [2.24, 2.45) is 0 Å². The molecule has 2 aromatic rings. The van der Waals surface area contributed by atoms with Gasteiger partial charge in [-0.2, -0.15) is 5.10 Å². The maximum absolute atomic E-state index is 5.01. The fraction of sp³-hybridized carbons (Fsp3) is 0.471. The molecule has 0 radical (unpaired) electrons. The van der Waals surface area contributed by atoms with Crippen LogP contribution in [0.5, 0.6) is 0 Å². The lowest BCUT2D eigenvalue weighted by molar-refractivity contribution is 0.199. The highest BCUT2D eigenvalue weighted by molar-refractivity contribution is 5.37. The maximum atomic E-state index is 5.01. The Hall–Kier alpha value is -1.65. The van der Waals surface area contributed by atoms with E-state index in [1.165, 1.54) is 22.3 Å². The van der Waals surface area contributed by atoms with Gasteiger partial charge in [0.2, 0.25) is 0 Å². The molecule has 0 amide bonds. The SMILES string of the molecule is COCCNCc1ccn(Cc2c(C)cc(C)cc2C)n1. The molecule has 114 valence electrons. The van der Waals surface area contributed by atoms with E-state index in [1.807, 2.05) is 10.9 Å². The van der Waals surface area contributed by atoms with Crippen LogP contribution >= 0.6 is 0 Å². The highest BCUT2D eigenvalue weighted by Gasteiger charge is 2.06. The maximum Gasteiger partial charge on any atom is 0.0762 e. The summed E-state index contributed by atoms with van der Waals surface area (Å²) in [5.74, 6) is 0. The summed E-state index contributed by atoms with van der Waals surface area (Å²) in [5, 5.41) is 7.93. The van der Waals surface area contributed by atoms with Gasteiger partial charge in [0, 0.05) is 26.4 Å². The molecule has 0 spiro atoms. The van der Waals surface area contributed by atoms with Crippen LogP contribution in [-0.4, -0.2) is 30.0 Å². The van der Waals surface area contributed by atoms with Gasteiger partial charge in [-0.15, -0.1) is 0 Å². The number of benzene rings is 1. The highest BCUT2D eigenvalue weighted by atomic mass is 16.5. The Morgan fingerprint density at radius 1 is 1.19 bits per heavy atom. The molecule has 0 bridgehead atoms. The van der Waals surface area contributed by atoms with E-state index >= 15 is 0 Å². The largest absolute Gasteiger partial charge is 0.383 e. The standard InChI is InChI=1S/C17H25N3O/c1-13-9-14(2)17(15(3)10-13)12-20-7-5-16(19-20)11-18-6-8-21-4/h5,7,9-10,18H,6,8,11-12H2,1-4H3. The second-order valence-electron chi connectivity index (χ2n) is 5.55. The van der Waals surface area contributed by atoms with Crippen LogP contribution in [0.1, 0.15) is 27.9 Å². The van der Waals surface area contributed by atoms with E-state index in [-0.39, 0.29) is 0 Å². The Balaban J connectivity index is 1.99. The molecule has 0 unspecified atom stereocenters. The summed E-state index contributed by atoms with van der Waals surface area (Å²) in [6.07, 6.45) is 2.05. The van der Waals surface area contributed by atoms with Gasteiger partial charge in [-0.25, -0.2) is 0 Å². The second kappa shape index (κ2) is 7.38. The zero-order valence-electron chi connectivity index (χ0n) is 13.4. The van der Waals surface area contributed by atoms with E-state index in [4.69, 9.17) is 4.74 Å². The number of rotatable bonds is 7. The van der Waals surface area contributed by atoms with Gasteiger partial charge in [-0.05, 0) is 43.5 Å². The zero-order chi connectivity index (χ0) is 15.2. The molecule has 2 rings (SSSR count). The number of aromatic nitrogens is 2. The van der Waals surface area contributed by atoms with Crippen molar-refractivity contribution in [3.05, 3.63) is 52.3 Å². The van der Waals surface area contributed by atoms with Crippen molar-refractivity contribution < 1.29 is 4.74 Å². The molecular weight excluding hydrogens is 262 g/mol. The van der Waals surface area contributed by atoms with Crippen LogP contribution in [0.2, 0.25) is 0 Å². The first-order chi connectivity index (χ1) is 10.1. The van der Waals surface area contributed by atoms with Gasteiger partial charge in [0.05, 0.1) is 18.8 Å². The third-order valence-electron chi connectivity index (χ3n) is 3.65. The van der Waals surface area contributed by atoms with Crippen molar-refractivity contribution in [2.75, 3.05) is 20.3 Å². The number of methoxy groups -OCH3 is 1. The quantitative estimate of drug-likeness (QED) is 0.796. The fourth-order valence-electron chi connectivity index (χ4n) is 2.60. The molecular formula is C17H25N3O. The van der Waals surface area contributed by atoms with Gasteiger partial charge in [0.15, 0.2) is 0 Å². The minimum absolute atomic E-state index is 0.725. The lowest BCUT2D eigenvalue weighted by Gasteiger charge is -2.11. The number of hydrogen-bond donors (Lipinski definition) is 1. The molecule has 0 atom stereocenters. The third kappa shape index (κ3) is 4.41. The van der Waals surface area contributed by atoms with E-state index in [0.29, 0.717) is 0 Å². The van der Waals surface area contributed by atoms with Gasteiger partial charge < -0.3 is 10.1 Å². The lowest BCUT2D eigenvalue weighted by atomic mass is 10.00. The summed E-state index contributed by atoms with van der Waals surface area (Å²) >= 11 is 0. The van der Waals surface area contributed by atoms with Gasteiger partial charge in [-0.3, -0.25) is 4.68 Å². The number of nitrogens with one attached hydrogen (secondary N) is 1. The average Bonchev–Trinajstić information content (AvgIpc) is 2.87. The lowest BCUT2D eigenvalue weighted by Crippen LogP contribution is -2.19. The predicted octanol–water partition coefficient (Wildman–Crippen LogP) is 2.59. The zero-order valence-corrected chi connectivity index (χ0v) is 13.4. The minimum Gasteiger partial charge on any atom is -0.383 e. The van der Waals surface area contributed by atoms with Crippen molar-refractivity contribution in [1.29, 1.82) is 0 Å². The molecule has 4 heteroatoms. The van der Waals surface area contributed by atoms with Crippen molar-refractivity contribution in [1.82, 2.24) is 15.1 Å². The van der Waals surface area contributed by atoms with Crippen LogP contribution in [-0.2, 0) is 17.8 Å². The molecule has 0 fully saturated rings. The summed E-state index contributed by atoms with van der Waals surface area (Å²) in [7, 11) is 1.71. The molecule has 1 aromatic heterocycles. The minimum atomic E-state index is 0.725. The Morgan fingerprint density at radius 3 is 2.57 bits per heavy atom. The molecule has 21 heavy (non-hydrogen) atoms. The molecule has 1 heterocycles. The van der Waals surface area contributed by atoms with Gasteiger partial charge in [0.1, 0.15) is 0 Å². The smallest absolute Gasteiger partial charge is 0.0762 e. The summed E-state index contributed by atoms with van der Waals surface area (Å²) in [5.41, 5.74) is 6.42. The van der Waals surface area contributed by atoms with Gasteiger partial charge in [-0.1, -0.05) is 17.7 Å². The summed E-state index contributed by atoms with van der Waals surface area (Å²) in [6.45, 7) is 9.67. The summed E-state index contributed by atoms with van der Waals surface area (Å²) < 4.78 is 7.02. The van der Waals surface area contributed by atoms with Crippen LogP contribution in [0.4, 0.5) is 0 Å². The van der Waals surface area contributed by atoms with Crippen LogP contribution in [0.25, 0.3) is 0 Å². The number of ether oxygens (including phenoxy) is 1. The van der Waals surface area contributed by atoms with Crippen LogP contribution in [0.15, 0.2) is 24.4 Å². The van der Waals surface area contributed by atoms with Crippen LogP contribution < -0.4 is 5.32 Å². The Labute approximate surface area is 127 Å². The van der Waals surface area contributed by atoms with Crippen molar-refractivity contribution in [3.63, 3.8) is 0 Å². The average molecular weight is 287 g/mol. The Kier molecular flexibility index (Phi) is 5.53. The first-order valence-corrected chi connectivity index (χ1v) is 7.39. The molecule has 0 aliphatic carbocycles. The van der Waals surface area contributed by atoms with Crippen molar-refractivity contribution in [2.45, 2.75) is 33.9 Å². The number of aryl methyl sites for hydroxylation is 3. The summed E-state index contributed by atoms with van der Waals surface area (Å²) in [6, 6.07) is 6.54. The molecule has 1 N–H and O–H groups in total. The van der Waals surface area contributed by atoms with E-state index in [0.717, 1.165) is 31.9 Å². The first kappa shape index (κ1) is 15.7. The van der Waals surface area contributed by atoms with E-state index in [9.17, 15) is 0 Å². The Bertz CT molecular complexity index is 566. The number of hydrogen-bond acceptors (Lipinski definition) is 3. The topological polar surface area (TPSA) is 39.1 Å². The van der Waals surface area contributed by atoms with Gasteiger partial charge in [0.25, 0.3) is 0 Å². The van der Waals surface area contributed by atoms with Gasteiger partial charge >= 0.3 is 0 Å². The van der Waals surface area contributed by atoms with E-state index in [1.54, 1.807) is 7.11 Å². The van der Waals surface area contributed by atoms with E-state index < -0.39 is 0 Å². The van der Waals surface area contributed by atoms with E-state index in [2.05, 4.69) is 49.4 Å². The van der Waals surface area contributed by atoms with Crippen LogP contribution in [0.3, 0.4) is 0 Å². The first-order valence-electron chi connectivity index (χ1n) is 7.39.